The van der Waals surface area contributed by atoms with Crippen molar-refractivity contribution >= 4 is 17.4 Å². The molecule has 0 spiro atoms. The minimum atomic E-state index is -0.817. The van der Waals surface area contributed by atoms with Crippen LogP contribution in [0.1, 0.15) is 37.0 Å². The summed E-state index contributed by atoms with van der Waals surface area (Å²) in [7, 11) is 0. The Morgan fingerprint density at radius 2 is 1.79 bits per heavy atom. The topological polar surface area (TPSA) is 55.4 Å². The molecule has 0 bridgehead atoms. The molecule has 5 heteroatoms. The van der Waals surface area contributed by atoms with Crippen LogP contribution in [-0.4, -0.2) is 17.8 Å². The molecule has 0 unspecified atom stereocenters. The Morgan fingerprint density at radius 3 is 2.42 bits per heavy atom. The number of hydrogen-bond acceptors (Lipinski definition) is 3. The normalized spacial score (nSPS) is 11.6. The summed E-state index contributed by atoms with van der Waals surface area (Å²) in [6, 6.07) is 12.5. The van der Waals surface area contributed by atoms with Gasteiger partial charge in [-0.3, -0.25) is 9.59 Å². The van der Waals surface area contributed by atoms with E-state index in [1.807, 2.05) is 6.92 Å². The Bertz CT molecular complexity index is 713. The van der Waals surface area contributed by atoms with E-state index in [9.17, 15) is 14.0 Å². The zero-order chi connectivity index (χ0) is 17.5. The summed E-state index contributed by atoms with van der Waals surface area (Å²) in [4.78, 5) is 23.9. The molecule has 0 fully saturated rings. The van der Waals surface area contributed by atoms with Gasteiger partial charge in [-0.2, -0.15) is 0 Å². The quantitative estimate of drug-likeness (QED) is 0.774. The molecule has 0 saturated heterocycles. The highest BCUT2D eigenvalue weighted by Gasteiger charge is 2.18. The van der Waals surface area contributed by atoms with Crippen molar-refractivity contribution in [2.75, 3.05) is 5.32 Å². The van der Waals surface area contributed by atoms with Crippen LogP contribution in [0.15, 0.2) is 48.5 Å². The molecule has 1 N–H and O–H groups in total. The van der Waals surface area contributed by atoms with Crippen LogP contribution in [-0.2, 0) is 4.79 Å². The summed E-state index contributed by atoms with van der Waals surface area (Å²) in [5.74, 6) is -0.787. The fourth-order valence-corrected chi connectivity index (χ4v) is 2.19. The monoisotopic (exact) mass is 329 g/mol. The molecule has 4 nitrogen and oxygen atoms in total. The molecule has 0 aromatic heterocycles. The van der Waals surface area contributed by atoms with E-state index in [0.29, 0.717) is 17.7 Å². The van der Waals surface area contributed by atoms with Gasteiger partial charge in [0.25, 0.3) is 0 Å². The second-order valence-electron chi connectivity index (χ2n) is 5.43. The Kier molecular flexibility index (Phi) is 6.07. The average Bonchev–Trinajstić information content (AvgIpc) is 2.57. The van der Waals surface area contributed by atoms with Crippen LogP contribution in [0.5, 0.6) is 5.75 Å². The van der Waals surface area contributed by atoms with Crippen molar-refractivity contribution in [3.05, 3.63) is 59.9 Å². The number of carbonyl (C=O) groups is 2. The van der Waals surface area contributed by atoms with Crippen molar-refractivity contribution in [3.8, 4) is 5.75 Å². The maximum absolute atomic E-state index is 13.6. The Morgan fingerprint density at radius 1 is 1.12 bits per heavy atom. The van der Waals surface area contributed by atoms with E-state index in [2.05, 4.69) is 5.32 Å². The van der Waals surface area contributed by atoms with Gasteiger partial charge in [0.1, 0.15) is 0 Å². The lowest BCUT2D eigenvalue weighted by molar-refractivity contribution is -0.116. The van der Waals surface area contributed by atoms with Gasteiger partial charge < -0.3 is 10.1 Å². The summed E-state index contributed by atoms with van der Waals surface area (Å²) in [6.07, 6.45) is 0.407. The summed E-state index contributed by atoms with van der Waals surface area (Å²) >= 11 is 0. The van der Waals surface area contributed by atoms with Crippen molar-refractivity contribution in [2.45, 2.75) is 32.8 Å². The number of ketones is 1. The van der Waals surface area contributed by atoms with Gasteiger partial charge in [0.05, 0.1) is 0 Å². The van der Waals surface area contributed by atoms with Gasteiger partial charge in [0, 0.05) is 17.7 Å². The highest BCUT2D eigenvalue weighted by molar-refractivity contribution is 6.00. The smallest absolute Gasteiger partial charge is 0.224 e. The van der Waals surface area contributed by atoms with Gasteiger partial charge in [-0.1, -0.05) is 19.1 Å². The SMILES string of the molecule is CCCC(=O)Nc1ccc(C(=O)[C@@H](C)Oc2ccccc2F)cc1. The molecule has 2 aromatic carbocycles. The number of nitrogens with one attached hydrogen (secondary N) is 1. The number of para-hydroxylation sites is 1. The Balaban J connectivity index is 2.01. The lowest BCUT2D eigenvalue weighted by Crippen LogP contribution is -2.24. The maximum Gasteiger partial charge on any atom is 0.224 e. The molecule has 0 saturated carbocycles. The van der Waals surface area contributed by atoms with Crippen LogP contribution >= 0.6 is 0 Å². The number of hydrogen-bond donors (Lipinski definition) is 1. The van der Waals surface area contributed by atoms with Crippen LogP contribution in [0.4, 0.5) is 10.1 Å². The third-order valence-electron chi connectivity index (χ3n) is 3.44. The third-order valence-corrected chi connectivity index (χ3v) is 3.44. The van der Waals surface area contributed by atoms with Crippen LogP contribution < -0.4 is 10.1 Å². The molecule has 1 amide bonds. The number of rotatable bonds is 7. The molecule has 0 aliphatic rings. The van der Waals surface area contributed by atoms with E-state index in [1.165, 1.54) is 12.1 Å². The number of carbonyl (C=O) groups excluding carboxylic acids is 2. The van der Waals surface area contributed by atoms with Crippen LogP contribution in [0.3, 0.4) is 0 Å². The summed E-state index contributed by atoms with van der Waals surface area (Å²) < 4.78 is 19.0. The number of amides is 1. The average molecular weight is 329 g/mol. The zero-order valence-electron chi connectivity index (χ0n) is 13.7. The first-order valence-electron chi connectivity index (χ1n) is 7.86. The second kappa shape index (κ2) is 8.24. The standard InChI is InChI=1S/C19H20FNO3/c1-3-6-18(22)21-15-11-9-14(10-12-15)19(23)13(2)24-17-8-5-4-7-16(17)20/h4-5,7-13H,3,6H2,1-2H3,(H,21,22)/t13-/m1/s1. The molecule has 0 radical (unpaired) electrons. The van der Waals surface area contributed by atoms with E-state index in [-0.39, 0.29) is 17.4 Å². The van der Waals surface area contributed by atoms with Crippen molar-refractivity contribution in [3.63, 3.8) is 0 Å². The number of halogens is 1. The molecule has 2 rings (SSSR count). The summed E-state index contributed by atoms with van der Waals surface area (Å²) in [6.45, 7) is 3.50. The predicted molar refractivity (Wildman–Crippen MR) is 90.8 cm³/mol. The molecule has 0 aliphatic carbocycles. The lowest BCUT2D eigenvalue weighted by atomic mass is 10.1. The minimum absolute atomic E-state index is 0.0433. The van der Waals surface area contributed by atoms with E-state index >= 15 is 0 Å². The molecular weight excluding hydrogens is 309 g/mol. The number of benzene rings is 2. The van der Waals surface area contributed by atoms with Gasteiger partial charge >= 0.3 is 0 Å². The molecule has 0 aliphatic heterocycles. The molecule has 126 valence electrons. The second-order valence-corrected chi connectivity index (χ2v) is 5.43. The lowest BCUT2D eigenvalue weighted by Gasteiger charge is -2.14. The minimum Gasteiger partial charge on any atom is -0.479 e. The number of Topliss-reactive ketones (excluding diaryl/α,β-unsaturated/α-hetero) is 1. The van der Waals surface area contributed by atoms with Gasteiger partial charge in [-0.25, -0.2) is 4.39 Å². The summed E-state index contributed by atoms with van der Waals surface area (Å²) in [5.41, 5.74) is 1.07. The molecule has 0 heterocycles. The molecule has 24 heavy (non-hydrogen) atoms. The number of anilines is 1. The Labute approximate surface area is 140 Å². The van der Waals surface area contributed by atoms with Crippen LogP contribution in [0, 0.1) is 5.82 Å². The first kappa shape index (κ1) is 17.7. The van der Waals surface area contributed by atoms with Gasteiger partial charge in [0.15, 0.2) is 17.7 Å². The largest absolute Gasteiger partial charge is 0.479 e. The predicted octanol–water partition coefficient (Wildman–Crippen LogP) is 4.21. The zero-order valence-corrected chi connectivity index (χ0v) is 13.7. The fourth-order valence-electron chi connectivity index (χ4n) is 2.19. The van der Waals surface area contributed by atoms with E-state index < -0.39 is 11.9 Å². The highest BCUT2D eigenvalue weighted by atomic mass is 19.1. The van der Waals surface area contributed by atoms with E-state index in [4.69, 9.17) is 4.74 Å². The summed E-state index contributed by atoms with van der Waals surface area (Å²) in [5, 5.41) is 2.75. The van der Waals surface area contributed by atoms with Gasteiger partial charge in [-0.05, 0) is 49.7 Å². The first-order valence-corrected chi connectivity index (χ1v) is 7.86. The first-order chi connectivity index (χ1) is 11.5. The van der Waals surface area contributed by atoms with Crippen molar-refractivity contribution in [2.24, 2.45) is 0 Å². The van der Waals surface area contributed by atoms with Crippen LogP contribution in [0.2, 0.25) is 0 Å². The molecule has 1 atom stereocenters. The highest BCUT2D eigenvalue weighted by Crippen LogP contribution is 2.19. The van der Waals surface area contributed by atoms with Crippen molar-refractivity contribution in [1.29, 1.82) is 0 Å². The van der Waals surface area contributed by atoms with Crippen molar-refractivity contribution < 1.29 is 18.7 Å². The maximum atomic E-state index is 13.6. The van der Waals surface area contributed by atoms with Crippen LogP contribution in [0.25, 0.3) is 0 Å². The molecule has 2 aromatic rings. The van der Waals surface area contributed by atoms with E-state index in [0.717, 1.165) is 6.42 Å². The molecular formula is C19H20FNO3. The fraction of sp³-hybridized carbons (Fsp3) is 0.263. The van der Waals surface area contributed by atoms with Crippen molar-refractivity contribution in [1.82, 2.24) is 0 Å². The number of ether oxygens (including phenoxy) is 1. The van der Waals surface area contributed by atoms with Gasteiger partial charge in [0.2, 0.25) is 11.7 Å². The Hall–Kier alpha value is -2.69. The van der Waals surface area contributed by atoms with Gasteiger partial charge in [-0.15, -0.1) is 0 Å². The van der Waals surface area contributed by atoms with E-state index in [1.54, 1.807) is 43.3 Å². The third kappa shape index (κ3) is 4.65.